The number of hydrogen-bond donors (Lipinski definition) is 1. The molecule has 0 aliphatic carbocycles. The number of piperidine rings is 1. The van der Waals surface area contributed by atoms with Crippen molar-refractivity contribution in [3.63, 3.8) is 0 Å². The third kappa shape index (κ3) is 3.75. The van der Waals surface area contributed by atoms with Gasteiger partial charge >= 0.3 is 5.97 Å². The number of likely N-dealkylation sites (tertiary alicyclic amines) is 2. The van der Waals surface area contributed by atoms with Gasteiger partial charge in [0.15, 0.2) is 0 Å². The van der Waals surface area contributed by atoms with E-state index >= 15 is 0 Å². The van der Waals surface area contributed by atoms with Crippen molar-refractivity contribution in [3.8, 4) is 0 Å². The van der Waals surface area contributed by atoms with Crippen molar-refractivity contribution in [2.24, 2.45) is 5.92 Å². The van der Waals surface area contributed by atoms with Crippen LogP contribution < -0.4 is 0 Å². The summed E-state index contributed by atoms with van der Waals surface area (Å²) in [6.07, 6.45) is 2.87. The van der Waals surface area contributed by atoms with E-state index in [1.165, 1.54) is 12.1 Å². The van der Waals surface area contributed by atoms with Crippen LogP contribution in [0.4, 0.5) is 4.39 Å². The fraction of sp³-hybridized carbons (Fsp3) is 0.556. The third-order valence-electron chi connectivity index (χ3n) is 5.10. The molecule has 5 nitrogen and oxygen atoms in total. The number of halogens is 1. The van der Waals surface area contributed by atoms with Gasteiger partial charge < -0.3 is 10.0 Å². The average molecular weight is 334 g/mol. The van der Waals surface area contributed by atoms with E-state index in [-0.39, 0.29) is 23.7 Å². The summed E-state index contributed by atoms with van der Waals surface area (Å²) in [6.45, 7) is 2.55. The normalized spacial score (nSPS) is 22.7. The van der Waals surface area contributed by atoms with E-state index in [9.17, 15) is 14.0 Å². The molecule has 2 aliphatic heterocycles. The molecule has 1 N–H and O–H groups in total. The minimum atomic E-state index is -0.763. The van der Waals surface area contributed by atoms with Gasteiger partial charge in [-0.25, -0.2) is 4.39 Å². The highest BCUT2D eigenvalue weighted by atomic mass is 19.1. The van der Waals surface area contributed by atoms with E-state index in [1.54, 1.807) is 12.1 Å². The van der Waals surface area contributed by atoms with E-state index in [2.05, 4.69) is 4.90 Å². The number of hydrogen-bond acceptors (Lipinski definition) is 3. The Morgan fingerprint density at radius 3 is 2.38 bits per heavy atom. The maximum Gasteiger partial charge on any atom is 0.306 e. The summed E-state index contributed by atoms with van der Waals surface area (Å²) in [5, 5.41) is 9.06. The molecule has 6 heteroatoms. The molecule has 2 saturated heterocycles. The lowest BCUT2D eigenvalue weighted by Gasteiger charge is -2.34. The molecule has 1 aromatic rings. The van der Waals surface area contributed by atoms with Crippen molar-refractivity contribution in [3.05, 3.63) is 35.6 Å². The minimum absolute atomic E-state index is 0.110. The number of carboxylic acids is 1. The summed E-state index contributed by atoms with van der Waals surface area (Å²) >= 11 is 0. The van der Waals surface area contributed by atoms with Crippen LogP contribution in [0, 0.1) is 11.7 Å². The second-order valence-electron chi connectivity index (χ2n) is 6.69. The van der Waals surface area contributed by atoms with Gasteiger partial charge in [0, 0.05) is 19.6 Å². The number of rotatable bonds is 4. The monoisotopic (exact) mass is 334 g/mol. The Morgan fingerprint density at radius 1 is 1.08 bits per heavy atom. The number of amides is 1. The molecule has 3 rings (SSSR count). The first-order valence-corrected chi connectivity index (χ1v) is 8.54. The summed E-state index contributed by atoms with van der Waals surface area (Å²) in [7, 11) is 0. The summed E-state index contributed by atoms with van der Waals surface area (Å²) in [5.74, 6) is -1.23. The largest absolute Gasteiger partial charge is 0.481 e. The summed E-state index contributed by atoms with van der Waals surface area (Å²) in [6, 6.07) is 6.26. The van der Waals surface area contributed by atoms with Crippen LogP contribution in [0.5, 0.6) is 0 Å². The number of carbonyl (C=O) groups is 2. The second kappa shape index (κ2) is 7.30. The smallest absolute Gasteiger partial charge is 0.306 e. The van der Waals surface area contributed by atoms with E-state index in [1.807, 2.05) is 4.90 Å². The molecule has 0 saturated carbocycles. The van der Waals surface area contributed by atoms with Gasteiger partial charge in [0.2, 0.25) is 5.91 Å². The molecule has 1 aromatic carbocycles. The topological polar surface area (TPSA) is 60.9 Å². The van der Waals surface area contributed by atoms with Crippen molar-refractivity contribution >= 4 is 11.9 Å². The molecule has 2 aliphatic rings. The molecular weight excluding hydrogens is 311 g/mol. The van der Waals surface area contributed by atoms with Crippen molar-refractivity contribution < 1.29 is 19.1 Å². The van der Waals surface area contributed by atoms with E-state index in [4.69, 9.17) is 5.11 Å². The van der Waals surface area contributed by atoms with Gasteiger partial charge in [-0.3, -0.25) is 14.5 Å². The van der Waals surface area contributed by atoms with Gasteiger partial charge in [-0.15, -0.1) is 0 Å². The van der Waals surface area contributed by atoms with Crippen LogP contribution in [0.3, 0.4) is 0 Å². The first kappa shape index (κ1) is 16.9. The zero-order chi connectivity index (χ0) is 17.1. The van der Waals surface area contributed by atoms with Crippen LogP contribution in [0.15, 0.2) is 24.3 Å². The average Bonchev–Trinajstić information content (AvgIpc) is 3.04. The molecule has 1 unspecified atom stereocenters. The first-order chi connectivity index (χ1) is 11.5. The van der Waals surface area contributed by atoms with E-state index < -0.39 is 5.97 Å². The quantitative estimate of drug-likeness (QED) is 0.916. The zero-order valence-corrected chi connectivity index (χ0v) is 13.7. The SMILES string of the molecule is O=C(O)C1CCN(C(=O)C2CCCN2Cc2ccc(F)cc2)CC1. The molecule has 0 spiro atoms. The van der Waals surface area contributed by atoms with Crippen LogP contribution >= 0.6 is 0 Å². The Kier molecular flexibility index (Phi) is 5.14. The maximum absolute atomic E-state index is 13.0. The second-order valence-corrected chi connectivity index (χ2v) is 6.69. The lowest BCUT2D eigenvalue weighted by Crippen LogP contribution is -2.48. The first-order valence-electron chi connectivity index (χ1n) is 8.54. The number of benzene rings is 1. The number of carboxylic acid groups (broad SMARTS) is 1. The highest BCUT2D eigenvalue weighted by Crippen LogP contribution is 2.25. The minimum Gasteiger partial charge on any atom is -0.481 e. The fourth-order valence-corrected chi connectivity index (χ4v) is 3.68. The molecule has 2 fully saturated rings. The van der Waals surface area contributed by atoms with E-state index in [0.717, 1.165) is 24.9 Å². The Balaban J connectivity index is 1.59. The summed E-state index contributed by atoms with van der Waals surface area (Å²) in [4.78, 5) is 27.8. The Bertz CT molecular complexity index is 597. The van der Waals surface area contributed by atoms with Gasteiger partial charge in [0.25, 0.3) is 0 Å². The van der Waals surface area contributed by atoms with Crippen molar-refractivity contribution in [2.45, 2.75) is 38.3 Å². The van der Waals surface area contributed by atoms with Gasteiger partial charge in [0.05, 0.1) is 12.0 Å². The van der Waals surface area contributed by atoms with Crippen LogP contribution in [-0.4, -0.2) is 52.5 Å². The number of nitrogens with zero attached hydrogens (tertiary/aromatic N) is 2. The van der Waals surface area contributed by atoms with Crippen molar-refractivity contribution in [2.75, 3.05) is 19.6 Å². The van der Waals surface area contributed by atoms with Gasteiger partial charge in [0.1, 0.15) is 5.82 Å². The Hall–Kier alpha value is -1.95. The molecular formula is C18H23FN2O3. The van der Waals surface area contributed by atoms with Crippen LogP contribution in [0.2, 0.25) is 0 Å². The molecule has 0 radical (unpaired) electrons. The summed E-state index contributed by atoms with van der Waals surface area (Å²) < 4.78 is 13.0. The number of carbonyl (C=O) groups excluding carboxylic acids is 1. The predicted octanol–water partition coefficient (Wildman–Crippen LogP) is 2.11. The molecule has 0 bridgehead atoms. The molecule has 2 heterocycles. The Labute approximate surface area is 141 Å². The molecule has 130 valence electrons. The van der Waals surface area contributed by atoms with Crippen molar-refractivity contribution in [1.29, 1.82) is 0 Å². The molecule has 1 amide bonds. The standard InChI is InChI=1S/C18H23FN2O3/c19-15-5-3-13(4-6-15)12-21-9-1-2-16(21)17(22)20-10-7-14(8-11-20)18(23)24/h3-6,14,16H,1-2,7-12H2,(H,23,24). The molecule has 0 aromatic heterocycles. The third-order valence-corrected chi connectivity index (χ3v) is 5.10. The van der Waals surface area contributed by atoms with Crippen LogP contribution in [0.1, 0.15) is 31.2 Å². The summed E-state index contributed by atoms with van der Waals surface area (Å²) in [5.41, 5.74) is 1.00. The Morgan fingerprint density at radius 2 is 1.75 bits per heavy atom. The zero-order valence-electron chi connectivity index (χ0n) is 13.7. The highest BCUT2D eigenvalue weighted by Gasteiger charge is 2.35. The van der Waals surface area contributed by atoms with Crippen molar-refractivity contribution in [1.82, 2.24) is 9.80 Å². The molecule has 1 atom stereocenters. The lowest BCUT2D eigenvalue weighted by molar-refractivity contribution is -0.146. The van der Waals surface area contributed by atoms with Gasteiger partial charge in [-0.1, -0.05) is 12.1 Å². The highest BCUT2D eigenvalue weighted by molar-refractivity contribution is 5.82. The van der Waals surface area contributed by atoms with Gasteiger partial charge in [-0.2, -0.15) is 0 Å². The van der Waals surface area contributed by atoms with Gasteiger partial charge in [-0.05, 0) is 49.9 Å². The van der Waals surface area contributed by atoms with Crippen LogP contribution in [-0.2, 0) is 16.1 Å². The maximum atomic E-state index is 13.0. The van der Waals surface area contributed by atoms with E-state index in [0.29, 0.717) is 32.5 Å². The fourth-order valence-electron chi connectivity index (χ4n) is 3.68. The predicted molar refractivity (Wildman–Crippen MR) is 86.8 cm³/mol. The van der Waals surface area contributed by atoms with Crippen LogP contribution in [0.25, 0.3) is 0 Å². The number of aliphatic carboxylic acids is 1. The molecule has 24 heavy (non-hydrogen) atoms. The lowest BCUT2D eigenvalue weighted by atomic mass is 9.96.